The van der Waals surface area contributed by atoms with Gasteiger partial charge in [-0.2, -0.15) is 13.2 Å². The first-order valence-corrected chi connectivity index (χ1v) is 13.2. The van der Waals surface area contributed by atoms with Crippen LogP contribution in [0.3, 0.4) is 0 Å². The van der Waals surface area contributed by atoms with Gasteiger partial charge in [0.1, 0.15) is 6.04 Å². The Bertz CT molecular complexity index is 1060. The molecule has 1 atom stereocenters. The fourth-order valence-electron chi connectivity index (χ4n) is 3.67. The van der Waals surface area contributed by atoms with Crippen LogP contribution in [-0.2, 0) is 42.9 Å². The van der Waals surface area contributed by atoms with E-state index in [9.17, 15) is 32.3 Å². The van der Waals surface area contributed by atoms with Gasteiger partial charge in [0.2, 0.25) is 11.8 Å². The third kappa shape index (κ3) is 12.6. The molecule has 2 rings (SSSR count). The van der Waals surface area contributed by atoms with Gasteiger partial charge in [-0.1, -0.05) is 12.7 Å². The van der Waals surface area contributed by atoms with Crippen LogP contribution in [0.4, 0.5) is 13.2 Å². The van der Waals surface area contributed by atoms with Gasteiger partial charge < -0.3 is 35.1 Å². The molecule has 2 aliphatic heterocycles. The number of carbonyl (C=O) groups is 5. The molecule has 43 heavy (non-hydrogen) atoms. The Morgan fingerprint density at radius 2 is 1.53 bits per heavy atom. The fraction of sp³-hybridized carbons (Fsp3) is 0.577. The SMILES string of the molecule is C=C/C(NCCOCCOCCOCCOCCN)=C1/C(=O)N(C2CCC(=O)NC2=O)C(=O)/C1=C/C.O=C(O)C(F)(F)F. The topological polar surface area (TPSA) is 196 Å². The maximum Gasteiger partial charge on any atom is 0.490 e. The minimum atomic E-state index is -5.08. The molecular weight excluding hydrogens is 585 g/mol. The summed E-state index contributed by atoms with van der Waals surface area (Å²) in [4.78, 5) is 59.6. The lowest BCUT2D eigenvalue weighted by atomic mass is 10.0. The number of likely N-dealkylation sites (tertiary alicyclic amines) is 1. The van der Waals surface area contributed by atoms with Gasteiger partial charge in [-0.3, -0.25) is 29.4 Å². The number of hydrogen-bond donors (Lipinski definition) is 4. The highest BCUT2D eigenvalue weighted by Crippen LogP contribution is 2.31. The first kappa shape index (κ1) is 37.4. The second-order valence-corrected chi connectivity index (χ2v) is 8.61. The molecule has 242 valence electrons. The van der Waals surface area contributed by atoms with Crippen LogP contribution < -0.4 is 16.4 Å². The van der Waals surface area contributed by atoms with E-state index in [-0.39, 0.29) is 24.0 Å². The van der Waals surface area contributed by atoms with E-state index in [1.807, 2.05) is 0 Å². The number of piperidine rings is 1. The highest BCUT2D eigenvalue weighted by atomic mass is 19.4. The monoisotopic (exact) mass is 622 g/mol. The molecule has 0 aromatic rings. The van der Waals surface area contributed by atoms with Crippen molar-refractivity contribution in [2.75, 3.05) is 65.9 Å². The second-order valence-electron chi connectivity index (χ2n) is 8.61. The summed E-state index contributed by atoms with van der Waals surface area (Å²) in [7, 11) is 0. The fourth-order valence-corrected chi connectivity index (χ4v) is 3.67. The number of carboxylic acid groups (broad SMARTS) is 1. The Kier molecular flexibility index (Phi) is 17.0. The van der Waals surface area contributed by atoms with E-state index in [4.69, 9.17) is 34.6 Å². The average Bonchev–Trinajstić information content (AvgIpc) is 3.19. The molecule has 0 aromatic heterocycles. The van der Waals surface area contributed by atoms with Crippen LogP contribution in [-0.4, -0.2) is 118 Å². The van der Waals surface area contributed by atoms with Crippen LogP contribution >= 0.6 is 0 Å². The molecule has 2 aliphatic rings. The summed E-state index contributed by atoms with van der Waals surface area (Å²) < 4.78 is 53.2. The van der Waals surface area contributed by atoms with Crippen LogP contribution in [0.5, 0.6) is 0 Å². The molecule has 2 heterocycles. The number of imide groups is 2. The molecule has 5 N–H and O–H groups in total. The largest absolute Gasteiger partial charge is 0.490 e. The summed E-state index contributed by atoms with van der Waals surface area (Å²) in [6.07, 6.45) is -1.96. The van der Waals surface area contributed by atoms with Gasteiger partial charge in [-0.15, -0.1) is 0 Å². The molecule has 0 saturated carbocycles. The zero-order valence-electron chi connectivity index (χ0n) is 23.7. The number of carboxylic acids is 1. The molecular formula is C26H37F3N4O10. The van der Waals surface area contributed by atoms with Gasteiger partial charge in [0.05, 0.1) is 64.0 Å². The molecule has 0 spiro atoms. The molecule has 0 bridgehead atoms. The quantitative estimate of drug-likeness (QED) is 0.0949. The van der Waals surface area contributed by atoms with Gasteiger partial charge in [-0.25, -0.2) is 4.79 Å². The number of rotatable bonds is 17. The maximum atomic E-state index is 13.1. The first-order chi connectivity index (χ1) is 20.4. The number of nitrogens with two attached hydrogens (primary N) is 1. The summed E-state index contributed by atoms with van der Waals surface area (Å²) in [5.41, 5.74) is 6.00. The van der Waals surface area contributed by atoms with Gasteiger partial charge in [0, 0.05) is 25.2 Å². The smallest absolute Gasteiger partial charge is 0.475 e. The van der Waals surface area contributed by atoms with E-state index in [0.29, 0.717) is 71.6 Å². The first-order valence-electron chi connectivity index (χ1n) is 13.2. The number of amides is 4. The summed E-state index contributed by atoms with van der Waals surface area (Å²) in [5, 5.41) is 12.4. The Morgan fingerprint density at radius 3 is 1.98 bits per heavy atom. The van der Waals surface area contributed by atoms with Crippen LogP contribution in [0.1, 0.15) is 19.8 Å². The summed E-state index contributed by atoms with van der Waals surface area (Å²) in [6.45, 7) is 9.73. The number of carbonyl (C=O) groups excluding carboxylic acids is 4. The molecule has 0 aromatic carbocycles. The highest BCUT2D eigenvalue weighted by Gasteiger charge is 2.47. The number of ether oxygens (including phenoxy) is 4. The summed E-state index contributed by atoms with van der Waals surface area (Å²) in [5.74, 6) is -5.02. The van der Waals surface area contributed by atoms with Gasteiger partial charge in [-0.05, 0) is 19.4 Å². The zero-order valence-corrected chi connectivity index (χ0v) is 23.7. The molecule has 0 aliphatic carbocycles. The number of aliphatic carboxylic acids is 1. The second kappa shape index (κ2) is 19.5. The van der Waals surface area contributed by atoms with E-state index < -0.39 is 41.8 Å². The van der Waals surface area contributed by atoms with Crippen molar-refractivity contribution in [2.45, 2.75) is 32.0 Å². The van der Waals surface area contributed by atoms with Gasteiger partial charge in [0.25, 0.3) is 11.8 Å². The number of hydrogen-bond acceptors (Lipinski definition) is 11. The van der Waals surface area contributed by atoms with E-state index >= 15 is 0 Å². The van der Waals surface area contributed by atoms with Crippen LogP contribution in [0, 0.1) is 0 Å². The van der Waals surface area contributed by atoms with Crippen molar-refractivity contribution in [3.8, 4) is 0 Å². The predicted molar refractivity (Wildman–Crippen MR) is 143 cm³/mol. The van der Waals surface area contributed by atoms with E-state index in [1.165, 1.54) is 12.2 Å². The third-order valence-electron chi connectivity index (χ3n) is 5.62. The lowest BCUT2D eigenvalue weighted by Gasteiger charge is -2.27. The molecule has 14 nitrogen and oxygen atoms in total. The Morgan fingerprint density at radius 1 is 1.02 bits per heavy atom. The molecule has 1 unspecified atom stereocenters. The molecule has 0 radical (unpaired) electrons. The van der Waals surface area contributed by atoms with E-state index in [1.54, 1.807) is 6.92 Å². The lowest BCUT2D eigenvalue weighted by molar-refractivity contribution is -0.192. The van der Waals surface area contributed by atoms with Crippen LogP contribution in [0.15, 0.2) is 35.6 Å². The summed E-state index contributed by atoms with van der Waals surface area (Å²) in [6, 6.07) is -1.03. The predicted octanol–water partition coefficient (Wildman–Crippen LogP) is -0.205. The maximum absolute atomic E-state index is 13.1. The van der Waals surface area contributed by atoms with Crippen molar-refractivity contribution in [1.29, 1.82) is 0 Å². The number of nitrogens with zero attached hydrogens (tertiary/aromatic N) is 1. The van der Waals surface area contributed by atoms with Crippen molar-refractivity contribution >= 4 is 29.6 Å². The molecule has 2 fully saturated rings. The van der Waals surface area contributed by atoms with Crippen LogP contribution in [0.25, 0.3) is 0 Å². The molecule has 4 amide bonds. The van der Waals surface area contributed by atoms with Crippen LogP contribution in [0.2, 0.25) is 0 Å². The van der Waals surface area contributed by atoms with Gasteiger partial charge >= 0.3 is 12.1 Å². The normalized spacial score (nSPS) is 19.2. The highest BCUT2D eigenvalue weighted by molar-refractivity contribution is 6.26. The standard InChI is InChI=1S/C24H36N4O8.C2HF3O2/c1-3-17-21(24(32)28(23(17)31)19-5-6-20(29)27-22(19)30)18(4-2)26-8-10-34-12-14-36-16-15-35-13-11-33-9-7-25;3-2(4,5)1(6)7/h3-4,19,26H,2,5-16,25H2,1H3,(H,27,29,30);(H,6,7)/b17-3+,21-18-;. The summed E-state index contributed by atoms with van der Waals surface area (Å²) >= 11 is 0. The van der Waals surface area contributed by atoms with Crippen molar-refractivity contribution in [3.05, 3.63) is 35.6 Å². The Balaban J connectivity index is 0.00000117. The number of allylic oxidation sites excluding steroid dienone is 2. The minimum absolute atomic E-state index is 0.0581. The zero-order chi connectivity index (χ0) is 32.4. The van der Waals surface area contributed by atoms with E-state index in [2.05, 4.69) is 17.2 Å². The van der Waals surface area contributed by atoms with Crippen molar-refractivity contribution in [2.24, 2.45) is 5.73 Å². The molecule has 17 heteroatoms. The van der Waals surface area contributed by atoms with Crippen molar-refractivity contribution < 1.29 is 61.2 Å². The van der Waals surface area contributed by atoms with Crippen molar-refractivity contribution in [3.63, 3.8) is 0 Å². The van der Waals surface area contributed by atoms with Crippen molar-refractivity contribution in [1.82, 2.24) is 15.5 Å². The third-order valence-corrected chi connectivity index (χ3v) is 5.62. The Hall–Kier alpha value is -3.64. The Labute approximate surface area is 246 Å². The number of alkyl halides is 3. The number of halogens is 3. The minimum Gasteiger partial charge on any atom is -0.475 e. The van der Waals surface area contributed by atoms with Gasteiger partial charge in [0.15, 0.2) is 0 Å². The lowest BCUT2D eigenvalue weighted by Crippen LogP contribution is -2.54. The molecule has 2 saturated heterocycles. The number of nitrogens with one attached hydrogen (secondary N) is 2. The average molecular weight is 623 g/mol. The van der Waals surface area contributed by atoms with E-state index in [0.717, 1.165) is 4.90 Å².